The summed E-state index contributed by atoms with van der Waals surface area (Å²) >= 11 is 0. The van der Waals surface area contributed by atoms with Crippen molar-refractivity contribution in [3.05, 3.63) is 134 Å². The number of allylic oxidation sites excluding steroid dienone is 22. The average molecular weight is 953 g/mol. The van der Waals surface area contributed by atoms with Crippen LogP contribution in [0.3, 0.4) is 0 Å². The van der Waals surface area contributed by atoms with E-state index >= 15 is 0 Å². The first-order chi connectivity index (χ1) is 34.0. The normalized spacial score (nSPS) is 13.1. The van der Waals surface area contributed by atoms with E-state index in [1.54, 1.807) is 0 Å². The molecule has 0 rings (SSSR count). The van der Waals surface area contributed by atoms with Crippen LogP contribution < -0.4 is 0 Å². The molecule has 0 aromatic rings. The molecule has 0 aliphatic carbocycles. The minimum absolute atomic E-state index is 0.138. The van der Waals surface area contributed by atoms with Crippen molar-refractivity contribution in [3.63, 3.8) is 0 Å². The van der Waals surface area contributed by atoms with Crippen LogP contribution in [0.25, 0.3) is 0 Å². The molecule has 0 N–H and O–H groups in total. The molecule has 1 atom stereocenters. The molecule has 0 saturated heterocycles. The molecule has 388 valence electrons. The highest BCUT2D eigenvalue weighted by Gasteiger charge is 2.19. The number of ether oxygens (including phenoxy) is 3. The van der Waals surface area contributed by atoms with Crippen molar-refractivity contribution in [1.82, 2.24) is 0 Å². The molecule has 0 aromatic heterocycles. The highest BCUT2D eigenvalue weighted by Crippen LogP contribution is 2.12. The maximum absolute atomic E-state index is 12.8. The van der Waals surface area contributed by atoms with Crippen molar-refractivity contribution in [2.45, 2.75) is 232 Å². The molecule has 0 bridgehead atoms. The molecule has 0 radical (unpaired) electrons. The Kier molecular flexibility index (Phi) is 52.5. The van der Waals surface area contributed by atoms with E-state index in [2.05, 4.69) is 142 Å². The first-order valence-electron chi connectivity index (χ1n) is 27.7. The lowest BCUT2D eigenvalue weighted by Gasteiger charge is -2.18. The van der Waals surface area contributed by atoms with Gasteiger partial charge in [-0.3, -0.25) is 14.4 Å². The molecule has 0 unspecified atom stereocenters. The molecule has 6 heteroatoms. The van der Waals surface area contributed by atoms with Gasteiger partial charge >= 0.3 is 17.9 Å². The summed E-state index contributed by atoms with van der Waals surface area (Å²) < 4.78 is 16.7. The molecule has 6 nitrogen and oxygen atoms in total. The summed E-state index contributed by atoms with van der Waals surface area (Å²) in [5.74, 6) is -1.09. The molecule has 69 heavy (non-hydrogen) atoms. The van der Waals surface area contributed by atoms with Crippen molar-refractivity contribution >= 4 is 17.9 Å². The van der Waals surface area contributed by atoms with Gasteiger partial charge in [-0.15, -0.1) is 0 Å². The first kappa shape index (κ1) is 64.5. The van der Waals surface area contributed by atoms with Gasteiger partial charge in [-0.25, -0.2) is 0 Å². The molecule has 0 fully saturated rings. The number of rotatable bonds is 48. The van der Waals surface area contributed by atoms with Crippen molar-refractivity contribution in [3.8, 4) is 0 Å². The topological polar surface area (TPSA) is 78.9 Å². The van der Waals surface area contributed by atoms with Crippen molar-refractivity contribution in [1.29, 1.82) is 0 Å². The van der Waals surface area contributed by atoms with Gasteiger partial charge in [0.25, 0.3) is 0 Å². The van der Waals surface area contributed by atoms with E-state index in [4.69, 9.17) is 14.2 Å². The lowest BCUT2D eigenvalue weighted by atomic mass is 10.1. The van der Waals surface area contributed by atoms with Gasteiger partial charge in [0.15, 0.2) is 6.10 Å². The molecule has 0 saturated carbocycles. The fraction of sp³-hybridized carbons (Fsp3) is 0.603. The zero-order chi connectivity index (χ0) is 50.0. The summed E-state index contributed by atoms with van der Waals surface area (Å²) in [6.45, 7) is 6.36. The summed E-state index contributed by atoms with van der Waals surface area (Å²) in [5, 5.41) is 0. The SMILES string of the molecule is CC/C=C\C/C=C\C/C=C\C/C=C\C/C=C\C/C=C\CCC(=O)OC[C@H](COC(=O)CCC/C=C\C/C=C\C/C=C\CCCCCCCC)OC(=O)CCCCCCC/C=C\C/C=C\CCCCC. The third kappa shape index (κ3) is 54.4. The Morgan fingerprint density at radius 1 is 0.304 bits per heavy atom. The fourth-order valence-electron chi connectivity index (χ4n) is 6.98. The van der Waals surface area contributed by atoms with Crippen molar-refractivity contribution in [2.24, 2.45) is 0 Å². The maximum atomic E-state index is 12.8. The molecule has 0 heterocycles. The van der Waals surface area contributed by atoms with Gasteiger partial charge in [0.1, 0.15) is 13.2 Å². The van der Waals surface area contributed by atoms with Gasteiger partial charge in [0.05, 0.1) is 0 Å². The highest BCUT2D eigenvalue weighted by molar-refractivity contribution is 5.71. The largest absolute Gasteiger partial charge is 0.462 e. The second-order valence-corrected chi connectivity index (χ2v) is 17.7. The number of hydrogen-bond acceptors (Lipinski definition) is 6. The first-order valence-corrected chi connectivity index (χ1v) is 27.7. The van der Waals surface area contributed by atoms with Crippen LogP contribution in [0.2, 0.25) is 0 Å². The van der Waals surface area contributed by atoms with Crippen LogP contribution >= 0.6 is 0 Å². The van der Waals surface area contributed by atoms with Crippen molar-refractivity contribution < 1.29 is 28.6 Å². The Balaban J connectivity index is 4.62. The zero-order valence-electron chi connectivity index (χ0n) is 44.3. The fourth-order valence-corrected chi connectivity index (χ4v) is 6.98. The quantitative estimate of drug-likeness (QED) is 0.0262. The van der Waals surface area contributed by atoms with Gasteiger partial charge in [-0.2, -0.15) is 0 Å². The van der Waals surface area contributed by atoms with Crippen LogP contribution in [-0.4, -0.2) is 37.2 Å². The molecular formula is C63H100O6. The average Bonchev–Trinajstić information content (AvgIpc) is 3.35. The third-order valence-corrected chi connectivity index (χ3v) is 11.1. The second kappa shape index (κ2) is 56.1. The maximum Gasteiger partial charge on any atom is 0.306 e. The minimum atomic E-state index is -0.841. The third-order valence-electron chi connectivity index (χ3n) is 11.1. The Morgan fingerprint density at radius 2 is 0.609 bits per heavy atom. The van der Waals surface area contributed by atoms with E-state index in [0.29, 0.717) is 12.8 Å². The number of carbonyl (C=O) groups is 3. The lowest BCUT2D eigenvalue weighted by molar-refractivity contribution is -0.166. The van der Waals surface area contributed by atoms with Crippen LogP contribution in [-0.2, 0) is 28.6 Å². The lowest BCUT2D eigenvalue weighted by Crippen LogP contribution is -2.30. The van der Waals surface area contributed by atoms with E-state index in [1.807, 2.05) is 12.2 Å². The summed E-state index contributed by atoms with van der Waals surface area (Å²) in [7, 11) is 0. The van der Waals surface area contributed by atoms with Crippen LogP contribution in [0, 0.1) is 0 Å². The van der Waals surface area contributed by atoms with E-state index in [1.165, 1.54) is 70.6 Å². The molecule has 0 amide bonds. The van der Waals surface area contributed by atoms with E-state index in [9.17, 15) is 14.4 Å². The molecule has 0 aliphatic rings. The standard InChI is InChI=1S/C63H100O6/c1-4-7-10-13-16-19-22-25-28-30-31-33-36-38-41-44-47-50-53-56-62(65)68-59-60(69-63(66)57-54-51-48-45-42-39-34-27-24-21-18-15-12-9-6-3)58-67-61(64)55-52-49-46-43-40-37-35-32-29-26-23-20-17-14-11-8-5-2/h7,10,16,18-19,21,25-29,31,33-35,37-38,41,43,46-47,50,60H,4-6,8-9,11-15,17,20,22-24,30,32,36,39-40,42,44-45,48-49,51-59H2,1-3H3/b10-7-,19-16-,21-18-,28-25-,29-26-,33-31-,34-27-,37-35-,41-38-,46-43-,50-47-/t60-/m0/s1. The summed E-state index contributed by atoms with van der Waals surface area (Å²) in [6, 6.07) is 0. The molecule has 0 spiro atoms. The van der Waals surface area contributed by atoms with Gasteiger partial charge in [0, 0.05) is 19.3 Å². The van der Waals surface area contributed by atoms with Gasteiger partial charge < -0.3 is 14.2 Å². The molecular weight excluding hydrogens is 853 g/mol. The smallest absolute Gasteiger partial charge is 0.306 e. The zero-order valence-corrected chi connectivity index (χ0v) is 44.3. The van der Waals surface area contributed by atoms with Crippen molar-refractivity contribution in [2.75, 3.05) is 13.2 Å². The monoisotopic (exact) mass is 953 g/mol. The number of esters is 3. The second-order valence-electron chi connectivity index (χ2n) is 17.7. The van der Waals surface area contributed by atoms with Gasteiger partial charge in [-0.05, 0) is 122 Å². The summed E-state index contributed by atoms with van der Waals surface area (Å²) in [5.41, 5.74) is 0. The molecule has 0 aromatic carbocycles. The predicted octanol–water partition coefficient (Wildman–Crippen LogP) is 18.6. The van der Waals surface area contributed by atoms with Crippen LogP contribution in [0.5, 0.6) is 0 Å². The molecule has 0 aliphatic heterocycles. The summed E-state index contributed by atoms with van der Waals surface area (Å²) in [6.07, 6.45) is 78.8. The number of hydrogen-bond donors (Lipinski definition) is 0. The number of carbonyl (C=O) groups excluding carboxylic acids is 3. The van der Waals surface area contributed by atoms with E-state index in [-0.39, 0.29) is 50.4 Å². The summed E-state index contributed by atoms with van der Waals surface area (Å²) in [4.78, 5) is 38.1. The highest BCUT2D eigenvalue weighted by atomic mass is 16.6. The van der Waals surface area contributed by atoms with E-state index < -0.39 is 6.10 Å². The Labute approximate surface area is 424 Å². The van der Waals surface area contributed by atoms with Crippen LogP contribution in [0.4, 0.5) is 0 Å². The van der Waals surface area contributed by atoms with Crippen LogP contribution in [0.15, 0.2) is 134 Å². The van der Waals surface area contributed by atoms with E-state index in [0.717, 1.165) is 103 Å². The van der Waals surface area contributed by atoms with Gasteiger partial charge in [-0.1, -0.05) is 219 Å². The Bertz CT molecular complexity index is 1510. The van der Waals surface area contributed by atoms with Gasteiger partial charge in [0.2, 0.25) is 0 Å². The Hall–Kier alpha value is -4.45. The van der Waals surface area contributed by atoms with Crippen LogP contribution in [0.1, 0.15) is 226 Å². The number of unbranched alkanes of at least 4 members (excludes halogenated alkanes) is 15. The minimum Gasteiger partial charge on any atom is -0.462 e. The predicted molar refractivity (Wildman–Crippen MR) is 297 cm³/mol. The Morgan fingerprint density at radius 3 is 1.04 bits per heavy atom.